The maximum atomic E-state index is 11.0. The molecule has 0 aliphatic heterocycles. The Labute approximate surface area is 105 Å². The van der Waals surface area contributed by atoms with E-state index in [4.69, 9.17) is 5.11 Å². The number of rotatable bonds is 2. The number of carboxylic acids is 1. The van der Waals surface area contributed by atoms with Crippen LogP contribution < -0.4 is 4.90 Å². The van der Waals surface area contributed by atoms with Crippen molar-refractivity contribution in [2.24, 2.45) is 0 Å². The van der Waals surface area contributed by atoms with Gasteiger partial charge in [0.15, 0.2) is 0 Å². The van der Waals surface area contributed by atoms with E-state index in [-0.39, 0.29) is 4.88 Å². The molecule has 0 bridgehead atoms. The number of anilines is 1. The molecule has 0 atom stereocenters. The molecule has 2 aromatic rings. The number of halogens is 1. The van der Waals surface area contributed by atoms with E-state index in [1.807, 2.05) is 25.1 Å². The zero-order valence-corrected chi connectivity index (χ0v) is 11.1. The Kier molecular flexibility index (Phi) is 2.86. The molecule has 16 heavy (non-hydrogen) atoms. The van der Waals surface area contributed by atoms with Crippen molar-refractivity contribution in [3.8, 4) is 0 Å². The lowest BCUT2D eigenvalue weighted by Gasteiger charge is -2.13. The second-order valence-electron chi connectivity index (χ2n) is 3.45. The van der Waals surface area contributed by atoms with Crippen LogP contribution in [-0.2, 0) is 0 Å². The maximum absolute atomic E-state index is 11.0. The molecule has 0 unspecified atom stereocenters. The average molecular weight is 301 g/mol. The van der Waals surface area contributed by atoms with Crippen molar-refractivity contribution in [2.75, 3.05) is 19.0 Å². The van der Waals surface area contributed by atoms with Gasteiger partial charge in [-0.1, -0.05) is 0 Å². The number of hydrogen-bond donors (Lipinski definition) is 1. The molecule has 4 nitrogen and oxygen atoms in total. The van der Waals surface area contributed by atoms with Gasteiger partial charge in [-0.25, -0.2) is 9.78 Å². The van der Waals surface area contributed by atoms with Gasteiger partial charge in [0.1, 0.15) is 9.71 Å². The van der Waals surface area contributed by atoms with Crippen molar-refractivity contribution in [3.05, 3.63) is 21.6 Å². The lowest BCUT2D eigenvalue weighted by atomic mass is 10.2. The van der Waals surface area contributed by atoms with Gasteiger partial charge >= 0.3 is 5.97 Å². The molecule has 0 radical (unpaired) electrons. The Morgan fingerprint density at radius 3 is 2.81 bits per heavy atom. The molecule has 0 spiro atoms. The molecular weight excluding hydrogens is 292 g/mol. The van der Waals surface area contributed by atoms with Crippen LogP contribution in [0.5, 0.6) is 0 Å². The van der Waals surface area contributed by atoms with Gasteiger partial charge < -0.3 is 10.0 Å². The molecule has 0 fully saturated rings. The maximum Gasteiger partial charge on any atom is 0.347 e. The summed E-state index contributed by atoms with van der Waals surface area (Å²) in [6, 6.07) is 1.87. The summed E-state index contributed by atoms with van der Waals surface area (Å²) in [7, 11) is 3.83. The van der Waals surface area contributed by atoms with Gasteiger partial charge in [-0.2, -0.15) is 0 Å². The number of carbonyl (C=O) groups is 1. The number of hydrogen-bond acceptors (Lipinski definition) is 4. The quantitative estimate of drug-likeness (QED) is 0.926. The predicted octanol–water partition coefficient (Wildman–Crippen LogP) is 2.82. The van der Waals surface area contributed by atoms with Crippen LogP contribution in [0, 0.1) is 0 Å². The van der Waals surface area contributed by atoms with Gasteiger partial charge in [0, 0.05) is 31.4 Å². The third-order valence-electron chi connectivity index (χ3n) is 2.19. The van der Waals surface area contributed by atoms with Crippen LogP contribution in [-0.4, -0.2) is 30.2 Å². The van der Waals surface area contributed by atoms with E-state index in [1.165, 1.54) is 11.3 Å². The first kappa shape index (κ1) is 11.3. The highest BCUT2D eigenvalue weighted by molar-refractivity contribution is 9.10. The molecule has 0 aromatic carbocycles. The molecule has 2 aromatic heterocycles. The molecule has 0 aliphatic carbocycles. The van der Waals surface area contributed by atoms with Gasteiger partial charge in [-0.05, 0) is 22.0 Å². The zero-order chi connectivity index (χ0) is 11.9. The van der Waals surface area contributed by atoms with Crippen molar-refractivity contribution < 1.29 is 9.90 Å². The first-order valence-corrected chi connectivity index (χ1v) is 6.11. The zero-order valence-electron chi connectivity index (χ0n) is 8.69. The first-order valence-electron chi connectivity index (χ1n) is 4.50. The number of fused-ring (bicyclic) bond motifs is 1. The van der Waals surface area contributed by atoms with E-state index in [2.05, 4.69) is 20.9 Å². The topological polar surface area (TPSA) is 53.4 Å². The summed E-state index contributed by atoms with van der Waals surface area (Å²) in [4.78, 5) is 18.2. The van der Waals surface area contributed by atoms with Crippen LogP contribution in [0.1, 0.15) is 9.67 Å². The predicted molar refractivity (Wildman–Crippen MR) is 68.6 cm³/mol. The van der Waals surface area contributed by atoms with Crippen LogP contribution >= 0.6 is 27.3 Å². The Bertz CT molecular complexity index is 565. The highest BCUT2D eigenvalue weighted by atomic mass is 79.9. The van der Waals surface area contributed by atoms with Crippen molar-refractivity contribution in [3.63, 3.8) is 0 Å². The van der Waals surface area contributed by atoms with E-state index < -0.39 is 5.97 Å². The van der Waals surface area contributed by atoms with Gasteiger partial charge in [0.2, 0.25) is 0 Å². The normalized spacial score (nSPS) is 10.7. The van der Waals surface area contributed by atoms with Crippen molar-refractivity contribution in [1.82, 2.24) is 4.98 Å². The first-order chi connectivity index (χ1) is 7.52. The molecule has 2 rings (SSSR count). The molecule has 0 amide bonds. The van der Waals surface area contributed by atoms with Crippen LogP contribution in [0.4, 0.5) is 5.69 Å². The molecule has 6 heteroatoms. The number of thiophene rings is 1. The van der Waals surface area contributed by atoms with E-state index in [9.17, 15) is 4.79 Å². The molecule has 2 heterocycles. The van der Waals surface area contributed by atoms with E-state index in [0.29, 0.717) is 4.47 Å². The Hall–Kier alpha value is -1.14. The van der Waals surface area contributed by atoms with Gasteiger partial charge in [0.25, 0.3) is 0 Å². The lowest BCUT2D eigenvalue weighted by molar-refractivity contribution is 0.0701. The minimum Gasteiger partial charge on any atom is -0.477 e. The highest BCUT2D eigenvalue weighted by Gasteiger charge is 2.19. The largest absolute Gasteiger partial charge is 0.477 e. The number of aromatic carboxylic acids is 1. The third-order valence-corrected chi connectivity index (χ3v) is 4.33. The fourth-order valence-corrected chi connectivity index (χ4v) is 3.31. The second kappa shape index (κ2) is 4.03. The van der Waals surface area contributed by atoms with Crippen LogP contribution in [0.25, 0.3) is 10.2 Å². The summed E-state index contributed by atoms with van der Waals surface area (Å²) in [6.45, 7) is 0. The van der Waals surface area contributed by atoms with Crippen LogP contribution in [0.15, 0.2) is 16.7 Å². The molecular formula is C10H9BrN2O2S. The summed E-state index contributed by atoms with van der Waals surface area (Å²) in [5.41, 5.74) is 0.959. The van der Waals surface area contributed by atoms with Crippen molar-refractivity contribution in [1.29, 1.82) is 0 Å². The summed E-state index contributed by atoms with van der Waals surface area (Å²) in [5.74, 6) is -0.931. The van der Waals surface area contributed by atoms with E-state index in [0.717, 1.165) is 15.9 Å². The monoisotopic (exact) mass is 300 g/mol. The molecule has 1 N–H and O–H groups in total. The minimum atomic E-state index is -0.931. The smallest absolute Gasteiger partial charge is 0.347 e. The Morgan fingerprint density at radius 2 is 2.25 bits per heavy atom. The summed E-state index contributed by atoms with van der Waals surface area (Å²) in [6.07, 6.45) is 1.69. The minimum absolute atomic E-state index is 0.289. The second-order valence-corrected chi connectivity index (χ2v) is 5.25. The summed E-state index contributed by atoms with van der Waals surface area (Å²) in [5, 5.41) is 9.89. The van der Waals surface area contributed by atoms with Crippen LogP contribution in [0.3, 0.4) is 0 Å². The number of carboxylic acid groups (broad SMARTS) is 1. The lowest BCUT2D eigenvalue weighted by Crippen LogP contribution is -2.09. The van der Waals surface area contributed by atoms with Gasteiger partial charge in [-0.15, -0.1) is 11.3 Å². The van der Waals surface area contributed by atoms with Gasteiger partial charge in [0.05, 0.1) is 4.47 Å². The number of pyridine rings is 1. The Morgan fingerprint density at radius 1 is 1.56 bits per heavy atom. The number of aromatic nitrogens is 1. The molecule has 0 saturated heterocycles. The highest BCUT2D eigenvalue weighted by Crippen LogP contribution is 2.39. The van der Waals surface area contributed by atoms with Gasteiger partial charge in [-0.3, -0.25) is 0 Å². The van der Waals surface area contributed by atoms with Crippen LogP contribution in [0.2, 0.25) is 0 Å². The molecule has 0 saturated carbocycles. The fourth-order valence-electron chi connectivity index (χ4n) is 1.48. The average Bonchev–Trinajstić information content (AvgIpc) is 2.56. The molecule has 0 aliphatic rings. The Balaban J connectivity index is 2.82. The molecule has 84 valence electrons. The summed E-state index contributed by atoms with van der Waals surface area (Å²) >= 11 is 4.51. The SMILES string of the molecule is CN(C)c1ccnc2sc(C(=O)O)c(Br)c12. The standard InChI is InChI=1S/C10H9BrN2O2S/c1-13(2)5-3-4-12-9-6(5)7(11)8(16-9)10(14)15/h3-4H,1-2H3,(H,14,15). The van der Waals surface area contributed by atoms with E-state index in [1.54, 1.807) is 6.20 Å². The summed E-state index contributed by atoms with van der Waals surface area (Å²) < 4.78 is 0.608. The number of nitrogens with zero attached hydrogens (tertiary/aromatic N) is 2. The fraction of sp³-hybridized carbons (Fsp3) is 0.200. The van der Waals surface area contributed by atoms with E-state index >= 15 is 0 Å². The van der Waals surface area contributed by atoms with Crippen molar-refractivity contribution in [2.45, 2.75) is 0 Å². The van der Waals surface area contributed by atoms with Crippen molar-refractivity contribution >= 4 is 49.1 Å². The third kappa shape index (κ3) is 1.68.